The first-order chi connectivity index (χ1) is 25.6. The minimum Gasteiger partial charge on any atom is -0.469 e. The van der Waals surface area contributed by atoms with E-state index in [1.165, 1.54) is 12.7 Å². The molecule has 0 radical (unpaired) electrons. The second-order valence-corrected chi connectivity index (χ2v) is 20.1. The molecular formula is C42H66O13. The fourth-order valence-corrected chi connectivity index (χ4v) is 13.5. The van der Waals surface area contributed by atoms with Gasteiger partial charge in [-0.3, -0.25) is 9.59 Å². The molecule has 2 saturated heterocycles. The molecule has 0 spiro atoms. The van der Waals surface area contributed by atoms with E-state index in [2.05, 4.69) is 40.7 Å². The molecule has 0 aromatic rings. The van der Waals surface area contributed by atoms with Crippen LogP contribution in [0.25, 0.3) is 0 Å². The fraction of sp³-hybridized carbons (Fsp3) is 0.905. The van der Waals surface area contributed by atoms with Crippen LogP contribution < -0.4 is 0 Å². The van der Waals surface area contributed by atoms with E-state index in [1.807, 2.05) is 6.92 Å². The lowest BCUT2D eigenvalue weighted by Crippen LogP contribution is -2.66. The second kappa shape index (κ2) is 14.0. The third-order valence-corrected chi connectivity index (χ3v) is 17.2. The van der Waals surface area contributed by atoms with Crippen molar-refractivity contribution in [2.45, 2.75) is 174 Å². The molecule has 4 saturated carbocycles. The molecule has 2 aliphatic heterocycles. The number of aliphatic hydroxyl groups excluding tert-OH is 6. The largest absolute Gasteiger partial charge is 0.469 e. The first-order valence-electron chi connectivity index (χ1n) is 20.6. The lowest BCUT2D eigenvalue weighted by atomic mass is 9.33. The van der Waals surface area contributed by atoms with Crippen LogP contribution in [0.5, 0.6) is 0 Å². The Bertz CT molecular complexity index is 1530. The summed E-state index contributed by atoms with van der Waals surface area (Å²) >= 11 is 0. The normalized spacial score (nSPS) is 53.3. The van der Waals surface area contributed by atoms with Gasteiger partial charge in [-0.2, -0.15) is 0 Å². The summed E-state index contributed by atoms with van der Waals surface area (Å²) in [5.74, 6) is -0.445. The molecule has 0 aromatic carbocycles. The molecule has 5 aliphatic carbocycles. The zero-order valence-electron chi connectivity index (χ0n) is 33.9. The Labute approximate surface area is 325 Å². The van der Waals surface area contributed by atoms with E-state index in [4.69, 9.17) is 23.7 Å². The van der Waals surface area contributed by atoms with Crippen LogP contribution in [0.2, 0.25) is 0 Å². The maximum absolute atomic E-state index is 14.0. The van der Waals surface area contributed by atoms with Gasteiger partial charge in [-0.05, 0) is 117 Å². The van der Waals surface area contributed by atoms with Crippen molar-refractivity contribution in [3.63, 3.8) is 0 Å². The minimum absolute atomic E-state index is 0.0445. The number of ether oxygens (including phenoxy) is 5. The van der Waals surface area contributed by atoms with Crippen molar-refractivity contribution in [2.24, 2.45) is 50.2 Å². The molecule has 7 rings (SSSR count). The molecule has 0 aromatic heterocycles. The monoisotopic (exact) mass is 778 g/mol. The molecule has 7 aliphatic rings. The van der Waals surface area contributed by atoms with Crippen molar-refractivity contribution in [3.8, 4) is 0 Å². The molecular weight excluding hydrogens is 712 g/mol. The summed E-state index contributed by atoms with van der Waals surface area (Å²) in [4.78, 5) is 27.9. The Morgan fingerprint density at radius 1 is 0.764 bits per heavy atom. The van der Waals surface area contributed by atoms with E-state index < -0.39 is 72.1 Å². The van der Waals surface area contributed by atoms with Crippen LogP contribution in [0.1, 0.15) is 113 Å². The van der Waals surface area contributed by atoms with Crippen molar-refractivity contribution < 1.29 is 63.9 Å². The van der Waals surface area contributed by atoms with Gasteiger partial charge in [0.2, 0.25) is 6.29 Å². The summed E-state index contributed by atoms with van der Waals surface area (Å²) in [6, 6.07) is 0. The van der Waals surface area contributed by atoms with Crippen molar-refractivity contribution in [1.29, 1.82) is 0 Å². The topological polar surface area (TPSA) is 202 Å². The van der Waals surface area contributed by atoms with E-state index in [0.29, 0.717) is 37.5 Å². The third-order valence-electron chi connectivity index (χ3n) is 17.2. The smallest absolute Gasteiger partial charge is 0.314 e. The molecule has 13 nitrogen and oxygen atoms in total. The van der Waals surface area contributed by atoms with E-state index in [0.717, 1.165) is 38.5 Å². The van der Waals surface area contributed by atoms with Gasteiger partial charge in [-0.25, -0.2) is 0 Å². The van der Waals surface area contributed by atoms with Gasteiger partial charge in [-0.1, -0.05) is 46.3 Å². The highest BCUT2D eigenvalue weighted by atomic mass is 16.7. The molecule has 0 bridgehead atoms. The Hall–Kier alpha value is -1.68. The third kappa shape index (κ3) is 6.02. The number of fused-ring (bicyclic) bond motifs is 7. The predicted molar refractivity (Wildman–Crippen MR) is 196 cm³/mol. The van der Waals surface area contributed by atoms with Gasteiger partial charge in [0.05, 0.1) is 36.8 Å². The Balaban J connectivity index is 1.16. The quantitative estimate of drug-likeness (QED) is 0.135. The number of methoxy groups -OCH3 is 1. The van der Waals surface area contributed by atoms with Crippen LogP contribution in [-0.2, 0) is 33.3 Å². The maximum atomic E-state index is 14.0. The van der Waals surface area contributed by atoms with Crippen LogP contribution in [0.3, 0.4) is 0 Å². The van der Waals surface area contributed by atoms with Crippen molar-refractivity contribution in [2.75, 3.05) is 13.7 Å². The van der Waals surface area contributed by atoms with Crippen LogP contribution in [0.15, 0.2) is 11.6 Å². The van der Waals surface area contributed by atoms with Crippen LogP contribution in [0, 0.1) is 50.2 Å². The number of rotatable bonds is 5. The molecule has 2 heterocycles. The van der Waals surface area contributed by atoms with E-state index in [1.54, 1.807) is 6.92 Å². The van der Waals surface area contributed by atoms with E-state index in [9.17, 15) is 40.2 Å². The summed E-state index contributed by atoms with van der Waals surface area (Å²) in [5, 5.41) is 62.2. The Kier molecular flexibility index (Phi) is 10.5. The van der Waals surface area contributed by atoms with Crippen molar-refractivity contribution in [3.05, 3.63) is 11.6 Å². The van der Waals surface area contributed by atoms with Crippen molar-refractivity contribution in [1.82, 2.24) is 0 Å². The number of aliphatic hydroxyl groups is 6. The number of hydrogen-bond acceptors (Lipinski definition) is 13. The average molecular weight is 779 g/mol. The number of esters is 2. The van der Waals surface area contributed by atoms with Crippen molar-refractivity contribution >= 4 is 11.9 Å². The molecule has 55 heavy (non-hydrogen) atoms. The van der Waals surface area contributed by atoms with E-state index in [-0.39, 0.29) is 46.3 Å². The number of carbonyl (C=O) groups excluding carboxylic acids is 2. The molecule has 13 heteroatoms. The van der Waals surface area contributed by atoms with Crippen LogP contribution >= 0.6 is 0 Å². The standard InChI is InChI=1S/C42H66O13/c1-21-28(44)30(46)32(48)34(53-21)54-27-12-13-39(5)25(37(27,2)3)11-14-41(7)26(39)10-9-22-23-19-38(4,35(49)55-33-31(47)29(45)24(43)20-52-33)15-17-42(23,36(50)51-8)18-16-40(22,41)6/h9,21,23-34,43-48H,10-20H2,1-8H3. The SMILES string of the molecule is COC(=O)C12CCC(C)(C(=O)OC3OCC(O)C(O)C3O)CC1C1=CCC3C4(C)CCC(OC5OC(C)C(O)C(O)C5O)C(C)(C)C4CCC3(C)C1(C)CC2. The van der Waals surface area contributed by atoms with Crippen LogP contribution in [0.4, 0.5) is 0 Å². The summed E-state index contributed by atoms with van der Waals surface area (Å²) < 4.78 is 29.1. The molecule has 0 amide bonds. The molecule has 6 N–H and O–H groups in total. The van der Waals surface area contributed by atoms with Gasteiger partial charge in [0, 0.05) is 0 Å². The minimum atomic E-state index is -1.59. The Morgan fingerprint density at radius 2 is 1.44 bits per heavy atom. The van der Waals surface area contributed by atoms with Gasteiger partial charge >= 0.3 is 11.9 Å². The first kappa shape index (κ1) is 41.5. The maximum Gasteiger partial charge on any atom is 0.314 e. The van der Waals surface area contributed by atoms with E-state index >= 15 is 0 Å². The summed E-state index contributed by atoms with van der Waals surface area (Å²) in [6.07, 6.45) is -2.16. The van der Waals surface area contributed by atoms with Gasteiger partial charge in [0.25, 0.3) is 0 Å². The summed E-state index contributed by atoms with van der Waals surface area (Å²) in [6.45, 7) is 15.0. The molecule has 18 unspecified atom stereocenters. The Morgan fingerprint density at radius 3 is 2.13 bits per heavy atom. The van der Waals surface area contributed by atoms with Gasteiger partial charge < -0.3 is 54.3 Å². The molecule has 312 valence electrons. The zero-order chi connectivity index (χ0) is 40.3. The first-order valence-corrected chi connectivity index (χ1v) is 20.6. The fourth-order valence-electron chi connectivity index (χ4n) is 13.5. The average Bonchev–Trinajstić information content (AvgIpc) is 3.14. The lowest BCUT2D eigenvalue weighted by Gasteiger charge is -2.71. The van der Waals surface area contributed by atoms with Gasteiger partial charge in [0.1, 0.15) is 36.6 Å². The molecule has 6 fully saturated rings. The predicted octanol–water partition coefficient (Wildman–Crippen LogP) is 3.14. The molecule has 18 atom stereocenters. The number of allylic oxidation sites excluding steroid dienone is 2. The lowest BCUT2D eigenvalue weighted by molar-refractivity contribution is -0.324. The second-order valence-electron chi connectivity index (χ2n) is 20.1. The number of hydrogen-bond donors (Lipinski definition) is 6. The van der Waals surface area contributed by atoms with Crippen LogP contribution in [-0.4, -0.2) is 118 Å². The number of carbonyl (C=O) groups is 2. The summed E-state index contributed by atoms with van der Waals surface area (Å²) in [5.41, 5.74) is -1.26. The zero-order valence-corrected chi connectivity index (χ0v) is 33.9. The highest BCUT2D eigenvalue weighted by Gasteiger charge is 2.70. The highest BCUT2D eigenvalue weighted by molar-refractivity contribution is 5.81. The van der Waals surface area contributed by atoms with Gasteiger partial charge in [0.15, 0.2) is 6.29 Å². The summed E-state index contributed by atoms with van der Waals surface area (Å²) in [7, 11) is 1.44. The highest BCUT2D eigenvalue weighted by Crippen LogP contribution is 2.76. The van der Waals surface area contributed by atoms with Gasteiger partial charge in [-0.15, -0.1) is 0 Å².